The molecule has 1 aromatic heterocycles. The molecule has 5 nitrogen and oxygen atoms in total. The number of hydrogen-bond acceptors (Lipinski definition) is 4. The Morgan fingerprint density at radius 2 is 2.06 bits per heavy atom. The third-order valence-corrected chi connectivity index (χ3v) is 2.48. The fourth-order valence-corrected chi connectivity index (χ4v) is 1.75. The van der Waals surface area contributed by atoms with Crippen LogP contribution in [0.5, 0.6) is 5.75 Å². The van der Waals surface area contributed by atoms with E-state index in [1.807, 2.05) is 0 Å². The average Bonchev–Trinajstić information content (AvgIpc) is 2.70. The van der Waals surface area contributed by atoms with Crippen LogP contribution in [0.15, 0.2) is 22.6 Å². The number of nitrogens with two attached hydrogens (primary N) is 1. The number of carbonyl (C=O) groups is 2. The van der Waals surface area contributed by atoms with E-state index in [0.717, 1.165) is 0 Å². The molecule has 1 amide bonds. The molecule has 0 saturated heterocycles. The number of amides is 1. The van der Waals surface area contributed by atoms with Gasteiger partial charge in [-0.15, -0.1) is 0 Å². The summed E-state index contributed by atoms with van der Waals surface area (Å²) in [6.07, 6.45) is 0. The highest BCUT2D eigenvalue weighted by Crippen LogP contribution is 2.30. The molecule has 1 heterocycles. The van der Waals surface area contributed by atoms with Crippen molar-refractivity contribution in [3.05, 3.63) is 29.5 Å². The summed E-state index contributed by atoms with van der Waals surface area (Å²) in [5.41, 5.74) is 5.95. The molecule has 0 radical (unpaired) electrons. The number of ketones is 1. The van der Waals surface area contributed by atoms with Crippen LogP contribution in [0.3, 0.4) is 0 Å². The third-order valence-electron chi connectivity index (χ3n) is 2.48. The molecule has 1 aromatic carbocycles. The van der Waals surface area contributed by atoms with Crippen molar-refractivity contribution in [2.75, 3.05) is 7.11 Å². The SMILES string of the molecule is COc1ccc2oc(C(N)=O)cc2c1C(C)=O. The summed E-state index contributed by atoms with van der Waals surface area (Å²) < 4.78 is 10.3. The third kappa shape index (κ3) is 1.75. The quantitative estimate of drug-likeness (QED) is 0.818. The standard InChI is InChI=1S/C12H11NO4/c1-6(14)11-7-5-10(12(13)15)17-8(7)3-4-9(11)16-2/h3-5H,1-2H3,(H2,13,15). The molecule has 0 spiro atoms. The van der Waals surface area contributed by atoms with E-state index in [2.05, 4.69) is 0 Å². The van der Waals surface area contributed by atoms with Crippen LogP contribution in [-0.4, -0.2) is 18.8 Å². The topological polar surface area (TPSA) is 82.5 Å². The maximum Gasteiger partial charge on any atom is 0.284 e. The van der Waals surface area contributed by atoms with Crippen molar-refractivity contribution in [2.24, 2.45) is 5.73 Å². The zero-order valence-electron chi connectivity index (χ0n) is 9.44. The van der Waals surface area contributed by atoms with Crippen molar-refractivity contribution >= 4 is 22.7 Å². The van der Waals surface area contributed by atoms with Gasteiger partial charge >= 0.3 is 0 Å². The van der Waals surface area contributed by atoms with Crippen LogP contribution in [0.2, 0.25) is 0 Å². The lowest BCUT2D eigenvalue weighted by Crippen LogP contribution is -2.09. The van der Waals surface area contributed by atoms with Crippen LogP contribution in [-0.2, 0) is 0 Å². The molecule has 88 valence electrons. The van der Waals surface area contributed by atoms with Gasteiger partial charge in [0.25, 0.3) is 5.91 Å². The fourth-order valence-electron chi connectivity index (χ4n) is 1.75. The highest BCUT2D eigenvalue weighted by molar-refractivity contribution is 6.10. The average molecular weight is 233 g/mol. The summed E-state index contributed by atoms with van der Waals surface area (Å²) in [7, 11) is 1.47. The Hall–Kier alpha value is -2.30. The van der Waals surface area contributed by atoms with Crippen molar-refractivity contribution in [3.8, 4) is 5.75 Å². The Bertz CT molecular complexity index is 612. The van der Waals surface area contributed by atoms with Crippen LogP contribution >= 0.6 is 0 Å². The van der Waals surface area contributed by atoms with E-state index in [1.54, 1.807) is 12.1 Å². The normalized spacial score (nSPS) is 10.5. The Balaban J connectivity index is 2.80. The van der Waals surface area contributed by atoms with Crippen molar-refractivity contribution < 1.29 is 18.7 Å². The monoisotopic (exact) mass is 233 g/mol. The Morgan fingerprint density at radius 1 is 1.35 bits per heavy atom. The minimum atomic E-state index is -0.672. The maximum absolute atomic E-state index is 11.6. The smallest absolute Gasteiger partial charge is 0.284 e. The van der Waals surface area contributed by atoms with Gasteiger partial charge in [0.2, 0.25) is 0 Å². The lowest BCUT2D eigenvalue weighted by molar-refractivity contribution is 0.0974. The van der Waals surface area contributed by atoms with E-state index in [-0.39, 0.29) is 11.5 Å². The highest BCUT2D eigenvalue weighted by atomic mass is 16.5. The molecular weight excluding hydrogens is 222 g/mol. The first kappa shape index (κ1) is 11.2. The van der Waals surface area contributed by atoms with Gasteiger partial charge in [-0.3, -0.25) is 9.59 Å². The largest absolute Gasteiger partial charge is 0.496 e. The predicted octanol–water partition coefficient (Wildman–Crippen LogP) is 1.74. The van der Waals surface area contributed by atoms with Gasteiger partial charge in [0.05, 0.1) is 12.7 Å². The van der Waals surface area contributed by atoms with E-state index < -0.39 is 5.91 Å². The number of ether oxygens (including phenoxy) is 1. The van der Waals surface area contributed by atoms with Gasteiger partial charge in [0.1, 0.15) is 11.3 Å². The molecule has 2 aromatic rings. The van der Waals surface area contributed by atoms with Crippen LogP contribution in [0.25, 0.3) is 11.0 Å². The number of benzene rings is 1. The van der Waals surface area contributed by atoms with Gasteiger partial charge in [-0.05, 0) is 25.1 Å². The highest BCUT2D eigenvalue weighted by Gasteiger charge is 2.17. The molecule has 0 atom stereocenters. The number of rotatable bonds is 3. The van der Waals surface area contributed by atoms with Crippen molar-refractivity contribution in [1.29, 1.82) is 0 Å². The first-order valence-corrected chi connectivity index (χ1v) is 4.96. The number of furan rings is 1. The molecule has 17 heavy (non-hydrogen) atoms. The maximum atomic E-state index is 11.6. The minimum Gasteiger partial charge on any atom is -0.496 e. The number of fused-ring (bicyclic) bond motifs is 1. The van der Waals surface area contributed by atoms with E-state index in [4.69, 9.17) is 14.9 Å². The molecule has 0 aliphatic rings. The van der Waals surface area contributed by atoms with Gasteiger partial charge in [0, 0.05) is 5.39 Å². The summed E-state index contributed by atoms with van der Waals surface area (Å²) >= 11 is 0. The van der Waals surface area contributed by atoms with Gasteiger partial charge in [-0.2, -0.15) is 0 Å². The minimum absolute atomic E-state index is 0.0238. The second-order valence-electron chi connectivity index (χ2n) is 3.59. The first-order valence-electron chi connectivity index (χ1n) is 4.96. The van der Waals surface area contributed by atoms with Gasteiger partial charge in [-0.25, -0.2) is 0 Å². The number of primary amides is 1. The molecule has 5 heteroatoms. The predicted molar refractivity (Wildman–Crippen MR) is 61.3 cm³/mol. The second kappa shape index (κ2) is 3.93. The molecule has 0 unspecified atom stereocenters. The molecule has 2 rings (SSSR count). The van der Waals surface area contributed by atoms with Crippen LogP contribution < -0.4 is 10.5 Å². The lowest BCUT2D eigenvalue weighted by atomic mass is 10.1. The molecule has 0 fully saturated rings. The summed E-state index contributed by atoms with van der Waals surface area (Å²) in [5.74, 6) is -0.364. The van der Waals surface area contributed by atoms with Gasteiger partial charge in [0.15, 0.2) is 11.5 Å². The van der Waals surface area contributed by atoms with E-state index >= 15 is 0 Å². The lowest BCUT2D eigenvalue weighted by Gasteiger charge is -2.05. The molecule has 0 bridgehead atoms. The summed E-state index contributed by atoms with van der Waals surface area (Å²) in [4.78, 5) is 22.6. The number of hydrogen-bond donors (Lipinski definition) is 1. The van der Waals surface area contributed by atoms with Crippen molar-refractivity contribution in [1.82, 2.24) is 0 Å². The summed E-state index contributed by atoms with van der Waals surface area (Å²) in [6, 6.07) is 4.71. The fraction of sp³-hybridized carbons (Fsp3) is 0.167. The zero-order valence-corrected chi connectivity index (χ0v) is 9.44. The van der Waals surface area contributed by atoms with Crippen molar-refractivity contribution in [2.45, 2.75) is 6.92 Å². The van der Waals surface area contributed by atoms with Gasteiger partial charge in [-0.1, -0.05) is 0 Å². The molecule has 0 saturated carbocycles. The molecular formula is C12H11NO4. The summed E-state index contributed by atoms with van der Waals surface area (Å²) in [6.45, 7) is 1.42. The zero-order chi connectivity index (χ0) is 12.6. The Labute approximate surface area is 97.1 Å². The number of Topliss-reactive ketones (excluding diaryl/α,β-unsaturated/α-hetero) is 1. The van der Waals surface area contributed by atoms with E-state index in [9.17, 15) is 9.59 Å². The second-order valence-corrected chi connectivity index (χ2v) is 3.59. The van der Waals surface area contributed by atoms with Crippen molar-refractivity contribution in [3.63, 3.8) is 0 Å². The van der Waals surface area contributed by atoms with Crippen LogP contribution in [0, 0.1) is 0 Å². The van der Waals surface area contributed by atoms with Crippen LogP contribution in [0.4, 0.5) is 0 Å². The van der Waals surface area contributed by atoms with Gasteiger partial charge < -0.3 is 14.9 Å². The van der Waals surface area contributed by atoms with E-state index in [0.29, 0.717) is 22.3 Å². The molecule has 0 aliphatic heterocycles. The Kier molecular flexibility index (Phi) is 2.59. The molecule has 0 aliphatic carbocycles. The first-order chi connectivity index (χ1) is 8.04. The number of methoxy groups -OCH3 is 1. The number of carbonyl (C=O) groups excluding carboxylic acids is 2. The Morgan fingerprint density at radius 3 is 2.59 bits per heavy atom. The van der Waals surface area contributed by atoms with E-state index in [1.165, 1.54) is 20.1 Å². The summed E-state index contributed by atoms with van der Waals surface area (Å²) in [5, 5.41) is 0.533. The molecule has 2 N–H and O–H groups in total. The van der Waals surface area contributed by atoms with Crippen LogP contribution in [0.1, 0.15) is 27.8 Å².